The first-order valence-electron chi connectivity index (χ1n) is 10.3. The third kappa shape index (κ3) is 3.79. The second-order valence-electron chi connectivity index (χ2n) is 7.73. The number of hydrogen-bond donors (Lipinski definition) is 3. The number of fused-ring (bicyclic) bond motifs is 1. The van der Waals surface area contributed by atoms with E-state index in [1.165, 1.54) is 22.5 Å². The maximum Gasteiger partial charge on any atom is 0.269 e. The Morgan fingerprint density at radius 3 is 2.87 bits per heavy atom. The Morgan fingerprint density at radius 2 is 2.06 bits per heavy atom. The van der Waals surface area contributed by atoms with E-state index in [0.717, 1.165) is 6.54 Å². The number of aromatic amines is 1. The van der Waals surface area contributed by atoms with E-state index in [1.54, 1.807) is 12.3 Å². The van der Waals surface area contributed by atoms with Gasteiger partial charge in [0.2, 0.25) is 0 Å². The smallest absolute Gasteiger partial charge is 0.269 e. The van der Waals surface area contributed by atoms with Crippen molar-refractivity contribution in [3.63, 3.8) is 0 Å². The lowest BCUT2D eigenvalue weighted by Crippen LogP contribution is -2.47. The summed E-state index contributed by atoms with van der Waals surface area (Å²) in [5.74, 6) is 0.406. The maximum atomic E-state index is 12.6. The van der Waals surface area contributed by atoms with Crippen molar-refractivity contribution >= 4 is 21.6 Å². The Kier molecular flexibility index (Phi) is 5.37. The van der Waals surface area contributed by atoms with Gasteiger partial charge < -0.3 is 15.4 Å². The second kappa shape index (κ2) is 8.32. The normalized spacial score (nSPS) is 18.3. The van der Waals surface area contributed by atoms with E-state index in [-0.39, 0.29) is 11.6 Å². The zero-order valence-corrected chi connectivity index (χ0v) is 17.9. The number of aryl methyl sites for hydroxylation is 1. The van der Waals surface area contributed by atoms with E-state index in [0.29, 0.717) is 40.4 Å². The fourth-order valence-electron chi connectivity index (χ4n) is 4.13. The fraction of sp³-hybridized carbons (Fsp3) is 0.261. The summed E-state index contributed by atoms with van der Waals surface area (Å²) in [7, 11) is 0. The lowest BCUT2D eigenvalue weighted by atomic mass is 9.99. The van der Waals surface area contributed by atoms with E-state index in [2.05, 4.69) is 39.3 Å². The molecule has 7 nitrogen and oxygen atoms in total. The van der Waals surface area contributed by atoms with Crippen LogP contribution in [0.25, 0.3) is 21.7 Å². The monoisotopic (exact) mass is 433 g/mol. The lowest BCUT2D eigenvalue weighted by molar-refractivity contribution is -0.0147. The molecule has 2 atom stereocenters. The van der Waals surface area contributed by atoms with Crippen LogP contribution in [-0.2, 0) is 0 Å². The van der Waals surface area contributed by atoms with Gasteiger partial charge in [-0.1, -0.05) is 30.3 Å². The molecule has 4 aromatic rings. The van der Waals surface area contributed by atoms with Crippen molar-refractivity contribution < 1.29 is 5.11 Å². The predicted molar refractivity (Wildman–Crippen MR) is 122 cm³/mol. The molecule has 1 aliphatic heterocycles. The van der Waals surface area contributed by atoms with Gasteiger partial charge in [0.15, 0.2) is 5.82 Å². The van der Waals surface area contributed by atoms with E-state index < -0.39 is 6.23 Å². The summed E-state index contributed by atoms with van der Waals surface area (Å²) < 4.78 is 0.513. The van der Waals surface area contributed by atoms with Crippen LogP contribution in [0.3, 0.4) is 0 Å². The molecular weight excluding hydrogens is 410 g/mol. The van der Waals surface area contributed by atoms with E-state index in [4.69, 9.17) is 0 Å². The van der Waals surface area contributed by atoms with Gasteiger partial charge in [0.1, 0.15) is 16.6 Å². The lowest BCUT2D eigenvalue weighted by Gasteiger charge is -2.37. The first kappa shape index (κ1) is 20.0. The third-order valence-corrected chi connectivity index (χ3v) is 6.74. The van der Waals surface area contributed by atoms with E-state index >= 15 is 0 Å². The molecule has 1 aliphatic rings. The number of rotatable bonds is 4. The van der Waals surface area contributed by atoms with Crippen LogP contribution < -0.4 is 10.9 Å². The molecule has 1 aromatic carbocycles. The summed E-state index contributed by atoms with van der Waals surface area (Å²) in [4.78, 5) is 26.4. The number of nitrogens with zero attached hydrogens (tertiary/aromatic N) is 3. The first-order chi connectivity index (χ1) is 15.1. The number of thiophene rings is 1. The molecule has 158 valence electrons. The van der Waals surface area contributed by atoms with Gasteiger partial charge in [-0.25, -0.2) is 4.98 Å². The average molecular weight is 434 g/mol. The quantitative estimate of drug-likeness (QED) is 0.458. The van der Waals surface area contributed by atoms with Crippen molar-refractivity contribution in [2.24, 2.45) is 0 Å². The molecule has 1 saturated heterocycles. The zero-order chi connectivity index (χ0) is 21.4. The Morgan fingerprint density at radius 1 is 1.23 bits per heavy atom. The van der Waals surface area contributed by atoms with Crippen molar-refractivity contribution in [2.45, 2.75) is 19.2 Å². The van der Waals surface area contributed by atoms with Crippen molar-refractivity contribution in [2.75, 3.05) is 19.6 Å². The van der Waals surface area contributed by atoms with Crippen LogP contribution >= 0.6 is 11.3 Å². The fourth-order valence-corrected chi connectivity index (χ4v) is 5.04. The van der Waals surface area contributed by atoms with E-state index in [1.807, 2.05) is 34.5 Å². The summed E-state index contributed by atoms with van der Waals surface area (Å²) in [6.45, 7) is 4.25. The molecule has 31 heavy (non-hydrogen) atoms. The molecule has 0 radical (unpaired) electrons. The predicted octanol–water partition coefficient (Wildman–Crippen LogP) is 2.99. The van der Waals surface area contributed by atoms with Crippen LogP contribution in [0.15, 0.2) is 58.8 Å². The molecule has 3 N–H and O–H groups in total. The highest BCUT2D eigenvalue weighted by molar-refractivity contribution is 7.17. The van der Waals surface area contributed by atoms with Gasteiger partial charge in [0.25, 0.3) is 5.56 Å². The minimum Gasteiger partial charge on any atom is -0.374 e. The molecule has 0 bridgehead atoms. The Hall–Kier alpha value is -2.91. The Balaban J connectivity index is 1.48. The topological polar surface area (TPSA) is 94.1 Å². The molecule has 1 fully saturated rings. The van der Waals surface area contributed by atoms with Gasteiger partial charge in [-0.05, 0) is 30.2 Å². The number of pyridine rings is 1. The van der Waals surface area contributed by atoms with Crippen LogP contribution in [0, 0.1) is 6.92 Å². The molecule has 8 heteroatoms. The summed E-state index contributed by atoms with van der Waals surface area (Å²) in [5.41, 5.74) is 4.04. The SMILES string of the molecule is Cc1ccccc1C1CN(C(O)c2csc3c(=O)[nH]c(-c4ccccn4)nc23)CCN1. The summed E-state index contributed by atoms with van der Waals surface area (Å²) in [6.07, 6.45) is 0.822. The molecule has 5 rings (SSSR count). The number of aromatic nitrogens is 3. The third-order valence-electron chi connectivity index (χ3n) is 5.76. The molecule has 0 amide bonds. The Labute approximate surface area is 183 Å². The van der Waals surface area contributed by atoms with Crippen LogP contribution in [0.5, 0.6) is 0 Å². The number of piperazine rings is 1. The highest BCUT2D eigenvalue weighted by Crippen LogP contribution is 2.32. The van der Waals surface area contributed by atoms with Crippen molar-refractivity contribution in [3.05, 3.63) is 81.1 Å². The minimum atomic E-state index is -0.840. The van der Waals surface area contributed by atoms with Crippen LogP contribution in [-0.4, -0.2) is 44.6 Å². The van der Waals surface area contributed by atoms with Crippen molar-refractivity contribution in [3.8, 4) is 11.5 Å². The number of benzene rings is 1. The van der Waals surface area contributed by atoms with Gasteiger partial charge in [0.05, 0.1) is 5.52 Å². The first-order valence-corrected chi connectivity index (χ1v) is 11.1. The molecule has 2 unspecified atom stereocenters. The van der Waals surface area contributed by atoms with Crippen molar-refractivity contribution in [1.29, 1.82) is 0 Å². The van der Waals surface area contributed by atoms with Gasteiger partial charge in [-0.15, -0.1) is 11.3 Å². The van der Waals surface area contributed by atoms with Gasteiger partial charge >= 0.3 is 0 Å². The van der Waals surface area contributed by atoms with Crippen molar-refractivity contribution in [1.82, 2.24) is 25.2 Å². The largest absolute Gasteiger partial charge is 0.374 e. The number of aliphatic hydroxyl groups excluding tert-OH is 1. The highest BCUT2D eigenvalue weighted by atomic mass is 32.1. The van der Waals surface area contributed by atoms with Gasteiger partial charge in [-0.2, -0.15) is 0 Å². The number of aliphatic hydroxyl groups is 1. The van der Waals surface area contributed by atoms with Gasteiger partial charge in [-0.3, -0.25) is 14.7 Å². The molecule has 0 spiro atoms. The number of nitrogens with one attached hydrogen (secondary N) is 2. The second-order valence-corrected chi connectivity index (χ2v) is 8.61. The summed E-state index contributed by atoms with van der Waals surface area (Å²) in [6, 6.07) is 13.9. The highest BCUT2D eigenvalue weighted by Gasteiger charge is 2.29. The molecule has 4 heterocycles. The number of H-pyrrole nitrogens is 1. The van der Waals surface area contributed by atoms with Gasteiger partial charge in [0, 0.05) is 42.8 Å². The molecular formula is C23H23N5O2S. The van der Waals surface area contributed by atoms with Crippen LogP contribution in [0.4, 0.5) is 0 Å². The Bertz CT molecular complexity index is 1270. The minimum absolute atomic E-state index is 0.134. The molecule has 3 aromatic heterocycles. The zero-order valence-electron chi connectivity index (χ0n) is 17.1. The van der Waals surface area contributed by atoms with E-state index in [9.17, 15) is 9.90 Å². The average Bonchev–Trinajstić information content (AvgIpc) is 3.24. The summed E-state index contributed by atoms with van der Waals surface area (Å²) in [5, 5.41) is 16.6. The van der Waals surface area contributed by atoms with Crippen LogP contribution in [0.2, 0.25) is 0 Å². The maximum absolute atomic E-state index is 12.6. The van der Waals surface area contributed by atoms with Crippen LogP contribution in [0.1, 0.15) is 29.0 Å². The summed E-state index contributed by atoms with van der Waals surface area (Å²) >= 11 is 1.31. The molecule has 0 aliphatic carbocycles. The molecule has 0 saturated carbocycles. The standard InChI is InChI=1S/C23H23N5O2S/c1-14-6-2-3-7-15(14)18-12-28(11-10-25-18)23(30)16-13-31-20-19(16)26-21(27-22(20)29)17-8-4-5-9-24-17/h2-9,13,18,23,25,30H,10-12H2,1H3,(H,26,27,29). The number of hydrogen-bond acceptors (Lipinski definition) is 7.